The quantitative estimate of drug-likeness (QED) is 0.157. The lowest BCUT2D eigenvalue weighted by molar-refractivity contribution is -0.245. The summed E-state index contributed by atoms with van der Waals surface area (Å²) in [5.74, 6) is 0.736. The molecule has 0 spiro atoms. The van der Waals surface area contributed by atoms with Crippen LogP contribution in [-0.2, 0) is 34.4 Å². The molecule has 4 aromatic rings. The van der Waals surface area contributed by atoms with Gasteiger partial charge >= 0.3 is 6.09 Å². The highest BCUT2D eigenvalue weighted by Crippen LogP contribution is 2.40. The van der Waals surface area contributed by atoms with Gasteiger partial charge in [-0.15, -0.1) is 0 Å². The van der Waals surface area contributed by atoms with E-state index in [2.05, 4.69) is 29.0 Å². The number of ether oxygens (including phenoxy) is 3. The molecule has 8 nitrogen and oxygen atoms in total. The molecule has 5 rings (SSSR count). The lowest BCUT2D eigenvalue weighted by atomic mass is 9.99. The Balaban J connectivity index is 1.34. The Morgan fingerprint density at radius 2 is 1.88 bits per heavy atom. The predicted octanol–water partition coefficient (Wildman–Crippen LogP) is 6.33. The molecule has 3 aromatic carbocycles. The van der Waals surface area contributed by atoms with Gasteiger partial charge in [0, 0.05) is 43.7 Å². The number of aromatic nitrogens is 2. The number of hydrogen-bond donors (Lipinski definition) is 2. The number of hydrogen-bond acceptors (Lipinski definition) is 7. The van der Waals surface area contributed by atoms with Crippen LogP contribution in [0.2, 0.25) is 0 Å². The van der Waals surface area contributed by atoms with E-state index in [4.69, 9.17) is 14.2 Å². The largest absolute Gasteiger partial charge is 0.445 e. The van der Waals surface area contributed by atoms with Crippen molar-refractivity contribution in [1.82, 2.24) is 14.9 Å². The predicted molar refractivity (Wildman–Crippen MR) is 163 cm³/mol. The number of aliphatic hydroxyl groups excluding tert-OH is 1. The maximum atomic E-state index is 11.8. The van der Waals surface area contributed by atoms with Crippen LogP contribution in [0, 0.1) is 0 Å². The minimum absolute atomic E-state index is 0.00389. The Kier molecular flexibility index (Phi) is 10.1. The summed E-state index contributed by atoms with van der Waals surface area (Å²) >= 11 is 1.67. The SMILES string of the molecule is C=CCOC(=O)NCc1cccc(-c2cccc([C@H]3O[C@@H](CSc4nccn4C)C[C@@H](c4ccc(CO)cc4)O3)c2)c1. The molecule has 0 aliphatic carbocycles. The fraction of sp³-hybridized carbons (Fsp3) is 0.273. The molecule has 0 bridgehead atoms. The summed E-state index contributed by atoms with van der Waals surface area (Å²) in [6.07, 6.45) is 4.70. The smallest absolute Gasteiger partial charge is 0.407 e. The molecule has 9 heteroatoms. The van der Waals surface area contributed by atoms with Gasteiger partial charge in [0.2, 0.25) is 0 Å². The van der Waals surface area contributed by atoms with Crippen LogP contribution >= 0.6 is 11.8 Å². The number of aliphatic hydroxyl groups is 1. The van der Waals surface area contributed by atoms with E-state index in [1.807, 2.05) is 78.5 Å². The summed E-state index contributed by atoms with van der Waals surface area (Å²) in [4.78, 5) is 16.3. The molecular formula is C33H35N3O5S. The summed E-state index contributed by atoms with van der Waals surface area (Å²) in [6.45, 7) is 4.08. The zero-order valence-corrected chi connectivity index (χ0v) is 24.3. The van der Waals surface area contributed by atoms with Crippen LogP contribution < -0.4 is 5.32 Å². The van der Waals surface area contributed by atoms with Crippen molar-refractivity contribution in [2.24, 2.45) is 7.05 Å². The van der Waals surface area contributed by atoms with Crippen LogP contribution in [0.3, 0.4) is 0 Å². The molecule has 2 heterocycles. The molecule has 1 aliphatic heterocycles. The van der Waals surface area contributed by atoms with E-state index in [0.29, 0.717) is 13.0 Å². The van der Waals surface area contributed by atoms with E-state index < -0.39 is 12.4 Å². The van der Waals surface area contributed by atoms with Crippen LogP contribution in [0.25, 0.3) is 11.1 Å². The zero-order valence-electron chi connectivity index (χ0n) is 23.5. The van der Waals surface area contributed by atoms with Gasteiger partial charge in [0.15, 0.2) is 11.4 Å². The second-order valence-electron chi connectivity index (χ2n) is 10.0. The number of nitrogens with one attached hydrogen (secondary N) is 1. The number of aryl methyl sites for hydroxylation is 1. The first kappa shape index (κ1) is 29.6. The number of amides is 1. The highest BCUT2D eigenvalue weighted by atomic mass is 32.2. The van der Waals surface area contributed by atoms with Crippen molar-refractivity contribution in [2.45, 2.75) is 43.2 Å². The zero-order chi connectivity index (χ0) is 29.3. The minimum Gasteiger partial charge on any atom is -0.445 e. The number of thioether (sulfide) groups is 1. The molecule has 0 unspecified atom stereocenters. The molecule has 3 atom stereocenters. The van der Waals surface area contributed by atoms with Gasteiger partial charge in [0.05, 0.1) is 18.8 Å². The maximum absolute atomic E-state index is 11.8. The van der Waals surface area contributed by atoms with Gasteiger partial charge in [-0.2, -0.15) is 0 Å². The van der Waals surface area contributed by atoms with Crippen molar-refractivity contribution in [3.63, 3.8) is 0 Å². The van der Waals surface area contributed by atoms with Gasteiger partial charge in [-0.1, -0.05) is 85.1 Å². The lowest BCUT2D eigenvalue weighted by Crippen LogP contribution is -2.31. The number of nitrogens with zero attached hydrogens (tertiary/aromatic N) is 2. The van der Waals surface area contributed by atoms with Crippen molar-refractivity contribution in [2.75, 3.05) is 12.4 Å². The molecule has 2 N–H and O–H groups in total. The Bertz CT molecular complexity index is 1490. The van der Waals surface area contributed by atoms with Crippen LogP contribution in [0.1, 0.15) is 41.1 Å². The van der Waals surface area contributed by atoms with Gasteiger partial charge in [-0.05, 0) is 39.9 Å². The van der Waals surface area contributed by atoms with Crippen LogP contribution in [0.4, 0.5) is 4.79 Å². The van der Waals surface area contributed by atoms with Gasteiger partial charge < -0.3 is 29.2 Å². The topological polar surface area (TPSA) is 94.8 Å². The van der Waals surface area contributed by atoms with E-state index >= 15 is 0 Å². The first-order valence-corrected chi connectivity index (χ1v) is 14.8. The summed E-state index contributed by atoms with van der Waals surface area (Å²) in [5.41, 5.74) is 5.83. The first-order chi connectivity index (χ1) is 20.5. The molecule has 1 amide bonds. The molecule has 1 fully saturated rings. The summed E-state index contributed by atoms with van der Waals surface area (Å²) in [5, 5.41) is 13.2. The van der Waals surface area contributed by atoms with E-state index in [9.17, 15) is 9.90 Å². The van der Waals surface area contributed by atoms with Crippen molar-refractivity contribution >= 4 is 17.9 Å². The minimum atomic E-state index is -0.558. The molecule has 1 saturated heterocycles. The third-order valence-electron chi connectivity index (χ3n) is 6.98. The number of benzene rings is 3. The summed E-state index contributed by atoms with van der Waals surface area (Å²) in [6, 6.07) is 24.1. The Hall–Kier alpha value is -3.89. The number of imidazole rings is 1. The van der Waals surface area contributed by atoms with E-state index in [-0.39, 0.29) is 25.4 Å². The highest BCUT2D eigenvalue weighted by Gasteiger charge is 2.32. The van der Waals surface area contributed by atoms with Gasteiger partial charge in [0.25, 0.3) is 0 Å². The lowest BCUT2D eigenvalue weighted by Gasteiger charge is -2.36. The van der Waals surface area contributed by atoms with Crippen molar-refractivity contribution in [3.05, 3.63) is 120 Å². The van der Waals surface area contributed by atoms with Crippen LogP contribution in [-0.4, -0.2) is 39.2 Å². The third kappa shape index (κ3) is 7.68. The Labute approximate surface area is 250 Å². The van der Waals surface area contributed by atoms with Crippen molar-refractivity contribution in [3.8, 4) is 11.1 Å². The van der Waals surface area contributed by atoms with Gasteiger partial charge in [-0.25, -0.2) is 9.78 Å². The van der Waals surface area contributed by atoms with Crippen molar-refractivity contribution in [1.29, 1.82) is 0 Å². The highest BCUT2D eigenvalue weighted by molar-refractivity contribution is 7.99. The number of alkyl carbamates (subject to hydrolysis) is 1. The number of carbonyl (C=O) groups excluding carboxylic acids is 1. The van der Waals surface area contributed by atoms with Crippen molar-refractivity contribution < 1.29 is 24.1 Å². The molecule has 1 aromatic heterocycles. The third-order valence-corrected chi connectivity index (χ3v) is 8.17. The van der Waals surface area contributed by atoms with Crippen LogP contribution in [0.5, 0.6) is 0 Å². The molecule has 1 aliphatic rings. The number of rotatable bonds is 11. The standard InChI is InChI=1S/C33H35N3O5S/c1-3-16-39-33(38)35-20-24-6-4-7-26(17-24)27-8-5-9-28(18-27)31-40-29(22-42-32-34-14-15-36(32)2)19-30(41-31)25-12-10-23(21-37)11-13-25/h3-15,17-18,29-31,37H,1,16,19-22H2,2H3,(H,35,38)/t29-,30+,31+/m1/s1. The molecule has 0 saturated carbocycles. The fourth-order valence-electron chi connectivity index (χ4n) is 4.77. The Morgan fingerprint density at radius 3 is 2.62 bits per heavy atom. The van der Waals surface area contributed by atoms with Crippen LogP contribution in [0.15, 0.2) is 103 Å². The number of carbonyl (C=O) groups is 1. The van der Waals surface area contributed by atoms with Gasteiger partial charge in [0.1, 0.15) is 6.61 Å². The normalized spacial score (nSPS) is 18.4. The molecule has 218 valence electrons. The summed E-state index contributed by atoms with van der Waals surface area (Å²) < 4.78 is 20.1. The average Bonchev–Trinajstić information content (AvgIpc) is 3.46. The average molecular weight is 586 g/mol. The van der Waals surface area contributed by atoms with E-state index in [0.717, 1.165) is 44.3 Å². The van der Waals surface area contributed by atoms with E-state index in [1.54, 1.807) is 18.0 Å². The first-order valence-electron chi connectivity index (χ1n) is 13.8. The second-order valence-corrected chi connectivity index (χ2v) is 11.0. The molecule has 0 radical (unpaired) electrons. The maximum Gasteiger partial charge on any atom is 0.407 e. The van der Waals surface area contributed by atoms with Gasteiger partial charge in [-0.3, -0.25) is 0 Å². The summed E-state index contributed by atoms with van der Waals surface area (Å²) in [7, 11) is 1.99. The Morgan fingerprint density at radius 1 is 1.10 bits per heavy atom. The molecular weight excluding hydrogens is 550 g/mol. The fourth-order valence-corrected chi connectivity index (χ4v) is 5.72. The molecule has 42 heavy (non-hydrogen) atoms. The monoisotopic (exact) mass is 585 g/mol. The second kappa shape index (κ2) is 14.3. The van der Waals surface area contributed by atoms with E-state index in [1.165, 1.54) is 6.08 Å².